The first-order valence-corrected chi connectivity index (χ1v) is 6.74. The second kappa shape index (κ2) is 4.53. The summed E-state index contributed by atoms with van der Waals surface area (Å²) >= 11 is 0. The third-order valence-corrected chi connectivity index (χ3v) is 3.85. The molecule has 1 aliphatic carbocycles. The van der Waals surface area contributed by atoms with Crippen molar-refractivity contribution in [1.29, 1.82) is 0 Å². The van der Waals surface area contributed by atoms with Gasteiger partial charge in [0, 0.05) is 29.8 Å². The van der Waals surface area contributed by atoms with Gasteiger partial charge in [-0.3, -0.25) is 4.98 Å². The number of hydrogen-bond donors (Lipinski definition) is 0. The van der Waals surface area contributed by atoms with Crippen molar-refractivity contribution in [2.75, 3.05) is 0 Å². The Kier molecular flexibility index (Phi) is 2.56. The van der Waals surface area contributed by atoms with E-state index in [-0.39, 0.29) is 5.92 Å². The highest BCUT2D eigenvalue weighted by molar-refractivity contribution is 5.77. The van der Waals surface area contributed by atoms with Crippen molar-refractivity contribution in [3.63, 3.8) is 0 Å². The van der Waals surface area contributed by atoms with Gasteiger partial charge >= 0.3 is 0 Å². The summed E-state index contributed by atoms with van der Waals surface area (Å²) in [7, 11) is 0. The molecule has 0 saturated carbocycles. The highest BCUT2D eigenvalue weighted by atomic mass is 15.1. The largest absolute Gasteiger partial charge is 0.261 e. The Morgan fingerprint density at radius 1 is 0.850 bits per heavy atom. The lowest BCUT2D eigenvalue weighted by Crippen LogP contribution is -2.05. The van der Waals surface area contributed by atoms with Crippen molar-refractivity contribution in [3.05, 3.63) is 77.9 Å². The summed E-state index contributed by atoms with van der Waals surface area (Å²) in [6.07, 6.45) is 4.47. The van der Waals surface area contributed by atoms with Gasteiger partial charge in [0.2, 0.25) is 0 Å². The summed E-state index contributed by atoms with van der Waals surface area (Å²) in [4.78, 5) is 4.44. The monoisotopic (exact) mass is 259 g/mol. The van der Waals surface area contributed by atoms with Gasteiger partial charge in [-0.05, 0) is 29.3 Å². The molecule has 2 aromatic heterocycles. The molecule has 1 atom stereocenters. The van der Waals surface area contributed by atoms with E-state index in [2.05, 4.69) is 51.6 Å². The molecule has 3 nitrogen and oxygen atoms in total. The number of hydrogen-bond acceptors (Lipinski definition) is 3. The first-order chi connectivity index (χ1) is 9.93. The van der Waals surface area contributed by atoms with Crippen LogP contribution in [0.4, 0.5) is 0 Å². The van der Waals surface area contributed by atoms with Crippen LogP contribution < -0.4 is 0 Å². The highest BCUT2D eigenvalue weighted by Crippen LogP contribution is 2.44. The van der Waals surface area contributed by atoms with Gasteiger partial charge in [-0.25, -0.2) is 0 Å². The predicted molar refractivity (Wildman–Crippen MR) is 77.3 cm³/mol. The molecule has 1 aromatic carbocycles. The number of fused-ring (bicyclic) bond motifs is 3. The molecule has 4 rings (SSSR count). The average Bonchev–Trinajstić information content (AvgIpc) is 2.84. The van der Waals surface area contributed by atoms with Crippen LogP contribution in [-0.2, 0) is 6.42 Å². The molecule has 0 radical (unpaired) electrons. The normalized spacial score (nSPS) is 15.7. The van der Waals surface area contributed by atoms with E-state index in [1.165, 1.54) is 16.7 Å². The summed E-state index contributed by atoms with van der Waals surface area (Å²) in [6, 6.07) is 16.6. The lowest BCUT2D eigenvalue weighted by molar-refractivity contribution is 0.755. The van der Waals surface area contributed by atoms with Crippen molar-refractivity contribution in [1.82, 2.24) is 15.2 Å². The zero-order valence-corrected chi connectivity index (χ0v) is 10.9. The van der Waals surface area contributed by atoms with Crippen LogP contribution in [0.15, 0.2) is 60.9 Å². The minimum Gasteiger partial charge on any atom is -0.261 e. The summed E-state index contributed by atoms with van der Waals surface area (Å²) in [6.45, 7) is 0. The number of rotatable bonds is 2. The molecule has 1 aliphatic rings. The first-order valence-electron chi connectivity index (χ1n) is 6.74. The molecule has 2 heterocycles. The molecule has 1 unspecified atom stereocenters. The molecule has 0 spiro atoms. The maximum Gasteiger partial charge on any atom is 0.0788 e. The van der Waals surface area contributed by atoms with Crippen LogP contribution in [-0.4, -0.2) is 15.2 Å². The number of nitrogens with zero attached hydrogens (tertiary/aromatic N) is 3. The van der Waals surface area contributed by atoms with Crippen molar-refractivity contribution in [2.45, 2.75) is 12.3 Å². The van der Waals surface area contributed by atoms with Crippen LogP contribution in [0.3, 0.4) is 0 Å². The summed E-state index contributed by atoms with van der Waals surface area (Å²) in [5.74, 6) is 0.254. The fourth-order valence-electron chi connectivity index (χ4n) is 2.96. The number of pyridine rings is 1. The van der Waals surface area contributed by atoms with Crippen molar-refractivity contribution in [2.24, 2.45) is 0 Å². The van der Waals surface area contributed by atoms with Gasteiger partial charge in [-0.2, -0.15) is 10.2 Å². The fraction of sp³-hybridized carbons (Fsp3) is 0.118. The highest BCUT2D eigenvalue weighted by Gasteiger charge is 2.30. The number of aromatic nitrogens is 3. The van der Waals surface area contributed by atoms with Crippen molar-refractivity contribution >= 4 is 0 Å². The van der Waals surface area contributed by atoms with E-state index in [4.69, 9.17) is 0 Å². The van der Waals surface area contributed by atoms with E-state index in [1.807, 2.05) is 18.3 Å². The molecule has 0 aliphatic heterocycles. The molecule has 0 bridgehead atoms. The fourth-order valence-corrected chi connectivity index (χ4v) is 2.96. The second-order valence-corrected chi connectivity index (χ2v) is 5.00. The Bertz CT molecular complexity index is 707. The molecule has 0 saturated heterocycles. The van der Waals surface area contributed by atoms with E-state index in [0.29, 0.717) is 0 Å². The molecular formula is C17H13N3. The van der Waals surface area contributed by atoms with Gasteiger partial charge in [-0.15, -0.1) is 0 Å². The van der Waals surface area contributed by atoms with Crippen LogP contribution in [0.5, 0.6) is 0 Å². The Morgan fingerprint density at radius 3 is 2.65 bits per heavy atom. The van der Waals surface area contributed by atoms with E-state index < -0.39 is 0 Å². The standard InChI is InChI=1S/C17H13N3/c1-2-7-14-13(6-1)15-8-10-19-20-17(15)16(14)11-12-5-3-4-9-18-12/h1-10,16H,11H2. The molecule has 3 heteroatoms. The van der Waals surface area contributed by atoms with Gasteiger partial charge < -0.3 is 0 Å². The van der Waals surface area contributed by atoms with Crippen LogP contribution >= 0.6 is 0 Å². The smallest absolute Gasteiger partial charge is 0.0788 e. The SMILES string of the molecule is c1ccc(CC2c3ccccc3-c3ccnnc32)nc1. The minimum atomic E-state index is 0.254. The summed E-state index contributed by atoms with van der Waals surface area (Å²) in [5.41, 5.74) is 5.97. The predicted octanol–water partition coefficient (Wildman–Crippen LogP) is 3.23. The van der Waals surface area contributed by atoms with E-state index in [1.54, 1.807) is 6.20 Å². The molecule has 0 N–H and O–H groups in total. The van der Waals surface area contributed by atoms with Crippen LogP contribution in [0.25, 0.3) is 11.1 Å². The molecule has 0 amide bonds. The minimum absolute atomic E-state index is 0.254. The molecule has 3 aromatic rings. The maximum atomic E-state index is 4.44. The molecule has 20 heavy (non-hydrogen) atoms. The van der Waals surface area contributed by atoms with Crippen molar-refractivity contribution < 1.29 is 0 Å². The van der Waals surface area contributed by atoms with Gasteiger partial charge in [0.25, 0.3) is 0 Å². The summed E-state index contributed by atoms with van der Waals surface area (Å²) in [5, 5.41) is 8.43. The zero-order chi connectivity index (χ0) is 13.4. The first kappa shape index (κ1) is 11.3. The third-order valence-electron chi connectivity index (χ3n) is 3.85. The third kappa shape index (κ3) is 1.71. The Labute approximate surface area is 117 Å². The van der Waals surface area contributed by atoms with Crippen LogP contribution in [0, 0.1) is 0 Å². The Balaban J connectivity index is 1.83. The van der Waals surface area contributed by atoms with Crippen LogP contribution in [0.1, 0.15) is 22.9 Å². The van der Waals surface area contributed by atoms with E-state index in [0.717, 1.165) is 17.8 Å². The van der Waals surface area contributed by atoms with Gasteiger partial charge in [0.1, 0.15) is 0 Å². The molecule has 96 valence electrons. The van der Waals surface area contributed by atoms with E-state index in [9.17, 15) is 0 Å². The van der Waals surface area contributed by atoms with Gasteiger partial charge in [0.15, 0.2) is 0 Å². The second-order valence-electron chi connectivity index (χ2n) is 5.00. The van der Waals surface area contributed by atoms with E-state index >= 15 is 0 Å². The van der Waals surface area contributed by atoms with Gasteiger partial charge in [-0.1, -0.05) is 30.3 Å². The van der Waals surface area contributed by atoms with Crippen LogP contribution in [0.2, 0.25) is 0 Å². The number of benzene rings is 1. The zero-order valence-electron chi connectivity index (χ0n) is 10.9. The maximum absolute atomic E-state index is 4.44. The Morgan fingerprint density at radius 2 is 1.75 bits per heavy atom. The Hall–Kier alpha value is -2.55. The lowest BCUT2D eigenvalue weighted by atomic mass is 9.95. The average molecular weight is 259 g/mol. The molecular weight excluding hydrogens is 246 g/mol. The lowest BCUT2D eigenvalue weighted by Gasteiger charge is -2.11. The summed E-state index contributed by atoms with van der Waals surface area (Å²) < 4.78 is 0. The van der Waals surface area contributed by atoms with Gasteiger partial charge in [0.05, 0.1) is 11.9 Å². The van der Waals surface area contributed by atoms with Crippen molar-refractivity contribution in [3.8, 4) is 11.1 Å². The molecule has 0 fully saturated rings. The topological polar surface area (TPSA) is 38.7 Å². The quantitative estimate of drug-likeness (QED) is 0.709.